The topological polar surface area (TPSA) is 133 Å². The minimum atomic E-state index is -5.29. The third-order valence-corrected chi connectivity index (χ3v) is 7.75. The molecule has 0 aliphatic heterocycles. The highest BCUT2D eigenvalue weighted by atomic mass is 127. The molecule has 1 saturated carbocycles. The maximum atomic E-state index is 13.3. The largest absolute Gasteiger partial charge is 0.459 e. The van der Waals surface area contributed by atoms with E-state index in [4.69, 9.17) is 14.0 Å². The summed E-state index contributed by atoms with van der Waals surface area (Å²) < 4.78 is 88.0. The first-order valence-corrected chi connectivity index (χ1v) is 15.0. The predicted molar refractivity (Wildman–Crippen MR) is 146 cm³/mol. The molecule has 4 unspecified atom stereocenters. The molecular weight excluding hydrogens is 775 g/mol. The van der Waals surface area contributed by atoms with Gasteiger partial charge in [-0.2, -0.15) is 21.6 Å². The van der Waals surface area contributed by atoms with Crippen LogP contribution in [0.3, 0.4) is 0 Å². The van der Waals surface area contributed by atoms with E-state index < -0.39 is 64.2 Å². The molecule has 0 radical (unpaired) electrons. The highest BCUT2D eigenvalue weighted by Gasteiger charge is 2.48. The molecule has 1 fully saturated rings. The summed E-state index contributed by atoms with van der Waals surface area (Å²) in [4.78, 5) is 38.2. The van der Waals surface area contributed by atoms with Crippen LogP contribution < -0.4 is 0 Å². The second kappa shape index (κ2) is 13.1. The van der Waals surface area contributed by atoms with Gasteiger partial charge in [-0.25, -0.2) is 9.59 Å². The molecule has 1 aliphatic carbocycles. The van der Waals surface area contributed by atoms with Gasteiger partial charge in [0.25, 0.3) is 10.1 Å². The Balaban J connectivity index is 1.81. The standard InChI is InChI=1S/C24H21F3I2O9S/c25-24(26,27)20(12-39(33,34)35)38-23(32)18-8-7-17(36-21(30)13-3-1-5-15(28)9-13)11-19(18)37-22(31)14-4-2-6-16(29)10-14/h1-6,9-10,17-20H,7-8,11-12H2,(H,33,34,35). The van der Waals surface area contributed by atoms with Gasteiger partial charge in [-0.05, 0) is 94.4 Å². The number of ether oxygens (including phenoxy) is 3. The van der Waals surface area contributed by atoms with Crippen LogP contribution in [0.25, 0.3) is 0 Å². The second-order valence-corrected chi connectivity index (χ2v) is 12.6. The summed E-state index contributed by atoms with van der Waals surface area (Å²) in [6, 6.07) is 12.8. The number of halogens is 5. The van der Waals surface area contributed by atoms with Crippen LogP contribution in [-0.2, 0) is 29.1 Å². The van der Waals surface area contributed by atoms with Gasteiger partial charge in [0.2, 0.25) is 6.10 Å². The molecule has 3 rings (SSSR count). The van der Waals surface area contributed by atoms with Crippen molar-refractivity contribution in [2.24, 2.45) is 5.92 Å². The van der Waals surface area contributed by atoms with E-state index in [2.05, 4.69) is 4.74 Å². The lowest BCUT2D eigenvalue weighted by molar-refractivity contribution is -0.220. The number of carbonyl (C=O) groups excluding carboxylic acids is 3. The first-order chi connectivity index (χ1) is 18.1. The van der Waals surface area contributed by atoms with E-state index in [0.717, 1.165) is 3.57 Å². The van der Waals surface area contributed by atoms with Crippen molar-refractivity contribution in [1.82, 2.24) is 0 Å². The summed E-state index contributed by atoms with van der Waals surface area (Å²) in [5.74, 6) is -6.32. The number of carbonyl (C=O) groups is 3. The maximum Gasteiger partial charge on any atom is 0.426 e. The van der Waals surface area contributed by atoms with E-state index in [9.17, 15) is 36.0 Å². The van der Waals surface area contributed by atoms with Crippen LogP contribution in [0, 0.1) is 13.1 Å². The van der Waals surface area contributed by atoms with Gasteiger partial charge in [-0.3, -0.25) is 9.35 Å². The van der Waals surface area contributed by atoms with Gasteiger partial charge in [-0.15, -0.1) is 0 Å². The predicted octanol–water partition coefficient (Wildman–Crippen LogP) is 4.81. The van der Waals surface area contributed by atoms with Crippen LogP contribution in [0.5, 0.6) is 0 Å². The van der Waals surface area contributed by atoms with Crippen molar-refractivity contribution in [3.63, 3.8) is 0 Å². The smallest absolute Gasteiger partial charge is 0.426 e. The Bertz CT molecular complexity index is 1330. The van der Waals surface area contributed by atoms with Gasteiger partial charge in [0.1, 0.15) is 18.0 Å². The van der Waals surface area contributed by atoms with Gasteiger partial charge >= 0.3 is 24.1 Å². The molecule has 0 aromatic heterocycles. The number of esters is 3. The zero-order valence-electron chi connectivity index (χ0n) is 19.8. The Labute approximate surface area is 248 Å². The summed E-state index contributed by atoms with van der Waals surface area (Å²) in [6.45, 7) is 0. The highest BCUT2D eigenvalue weighted by Crippen LogP contribution is 2.33. The Morgan fingerprint density at radius 3 is 1.97 bits per heavy atom. The summed E-state index contributed by atoms with van der Waals surface area (Å²) in [7, 11) is -5.15. The quantitative estimate of drug-likeness (QED) is 0.173. The summed E-state index contributed by atoms with van der Waals surface area (Å²) in [6.07, 6.45) is -11.0. The van der Waals surface area contributed by atoms with E-state index in [1.54, 1.807) is 30.3 Å². The van der Waals surface area contributed by atoms with E-state index in [-0.39, 0.29) is 30.4 Å². The molecular formula is C24H21F3I2O9S. The molecule has 212 valence electrons. The summed E-state index contributed by atoms with van der Waals surface area (Å²) >= 11 is 3.98. The molecule has 0 bridgehead atoms. The van der Waals surface area contributed by atoms with Crippen LogP contribution >= 0.6 is 45.2 Å². The summed E-state index contributed by atoms with van der Waals surface area (Å²) in [5.41, 5.74) is 0.376. The van der Waals surface area contributed by atoms with E-state index >= 15 is 0 Å². The Hall–Kier alpha value is -1.99. The number of alkyl halides is 3. The minimum absolute atomic E-state index is 0.0295. The average Bonchev–Trinajstić information content (AvgIpc) is 2.82. The fourth-order valence-corrected chi connectivity index (χ4v) is 5.60. The van der Waals surface area contributed by atoms with Gasteiger partial charge in [0.05, 0.1) is 17.0 Å². The van der Waals surface area contributed by atoms with Crippen LogP contribution in [0.15, 0.2) is 48.5 Å². The van der Waals surface area contributed by atoms with Crippen molar-refractivity contribution in [3.8, 4) is 0 Å². The maximum absolute atomic E-state index is 13.3. The molecule has 1 N–H and O–H groups in total. The first-order valence-electron chi connectivity index (χ1n) is 11.3. The minimum Gasteiger partial charge on any atom is -0.459 e. The Morgan fingerprint density at radius 2 is 1.49 bits per heavy atom. The zero-order valence-corrected chi connectivity index (χ0v) is 24.9. The third kappa shape index (κ3) is 9.56. The lowest BCUT2D eigenvalue weighted by atomic mass is 9.84. The molecule has 2 aromatic carbocycles. The Kier molecular flexibility index (Phi) is 10.6. The van der Waals surface area contributed by atoms with E-state index in [1.165, 1.54) is 18.2 Å². The van der Waals surface area contributed by atoms with Crippen molar-refractivity contribution < 1.29 is 54.7 Å². The highest BCUT2D eigenvalue weighted by molar-refractivity contribution is 14.1. The van der Waals surface area contributed by atoms with Crippen molar-refractivity contribution >= 4 is 73.2 Å². The molecule has 9 nitrogen and oxygen atoms in total. The number of benzene rings is 2. The van der Waals surface area contributed by atoms with Gasteiger partial charge in [-0.1, -0.05) is 12.1 Å². The van der Waals surface area contributed by atoms with Crippen molar-refractivity contribution in [3.05, 3.63) is 66.8 Å². The lowest BCUT2D eigenvalue weighted by Gasteiger charge is -2.34. The number of hydrogen-bond acceptors (Lipinski definition) is 8. The molecule has 0 saturated heterocycles. The van der Waals surface area contributed by atoms with Crippen molar-refractivity contribution in [2.45, 2.75) is 43.8 Å². The first kappa shape index (κ1) is 31.5. The number of hydrogen-bond donors (Lipinski definition) is 1. The lowest BCUT2D eigenvalue weighted by Crippen LogP contribution is -2.46. The van der Waals surface area contributed by atoms with Crippen LogP contribution in [0.2, 0.25) is 0 Å². The van der Waals surface area contributed by atoms with Crippen LogP contribution in [0.4, 0.5) is 13.2 Å². The fourth-order valence-electron chi connectivity index (χ4n) is 3.87. The molecule has 4 atom stereocenters. The van der Waals surface area contributed by atoms with Gasteiger partial charge in [0.15, 0.2) is 0 Å². The second-order valence-electron chi connectivity index (χ2n) is 8.63. The fraction of sp³-hybridized carbons (Fsp3) is 0.375. The number of rotatable bonds is 8. The summed E-state index contributed by atoms with van der Waals surface area (Å²) in [5, 5.41) is 0. The van der Waals surface area contributed by atoms with Crippen LogP contribution in [0.1, 0.15) is 40.0 Å². The molecule has 0 heterocycles. The third-order valence-electron chi connectivity index (χ3n) is 5.68. The molecule has 0 spiro atoms. The van der Waals surface area contributed by atoms with Crippen molar-refractivity contribution in [1.29, 1.82) is 0 Å². The molecule has 15 heteroatoms. The molecule has 2 aromatic rings. The van der Waals surface area contributed by atoms with Gasteiger partial charge in [0, 0.05) is 13.6 Å². The average molecular weight is 796 g/mol. The monoisotopic (exact) mass is 796 g/mol. The molecule has 1 aliphatic rings. The molecule has 39 heavy (non-hydrogen) atoms. The zero-order chi connectivity index (χ0) is 29.0. The normalized spacial score (nSPS) is 20.5. The van der Waals surface area contributed by atoms with E-state index in [0.29, 0.717) is 3.57 Å². The van der Waals surface area contributed by atoms with Crippen LogP contribution in [-0.4, -0.2) is 61.1 Å². The van der Waals surface area contributed by atoms with Gasteiger partial charge < -0.3 is 14.2 Å². The Morgan fingerprint density at radius 1 is 0.949 bits per heavy atom. The molecule has 0 amide bonds. The van der Waals surface area contributed by atoms with Crippen molar-refractivity contribution in [2.75, 3.05) is 5.75 Å². The van der Waals surface area contributed by atoms with E-state index in [1.807, 2.05) is 45.2 Å². The SMILES string of the molecule is O=C(OC1CCC(C(=O)OC(CS(=O)(=O)O)C(F)(F)F)C(OC(=O)c2cccc(I)c2)C1)c1cccc(I)c1.